The third-order valence-corrected chi connectivity index (χ3v) is 20.3. The van der Waals surface area contributed by atoms with Crippen LogP contribution in [0.25, 0.3) is 45.0 Å². The fourth-order valence-electron chi connectivity index (χ4n) is 12.2. The number of nitrogens with zero attached hydrogens (tertiary/aromatic N) is 12. The topological polar surface area (TPSA) is 314 Å². The van der Waals surface area contributed by atoms with Crippen molar-refractivity contribution in [2.24, 2.45) is 4.99 Å². The highest BCUT2D eigenvalue weighted by Crippen LogP contribution is 2.35. The summed E-state index contributed by atoms with van der Waals surface area (Å²) in [5, 5.41) is 21.7. The highest BCUT2D eigenvalue weighted by Gasteiger charge is 2.29. The van der Waals surface area contributed by atoms with Gasteiger partial charge in [0, 0.05) is 178 Å². The number of alkyl halides is 3. The van der Waals surface area contributed by atoms with E-state index in [9.17, 15) is 41.9 Å². The molecule has 5 aromatic carbocycles. The third-order valence-electron chi connectivity index (χ3n) is 18.6. The Morgan fingerprint density at radius 1 is 0.439 bits per heavy atom. The average Bonchev–Trinajstić information content (AvgIpc) is 1.39. The summed E-state index contributed by atoms with van der Waals surface area (Å²) in [7, 11) is 0. The van der Waals surface area contributed by atoms with Gasteiger partial charge >= 0.3 is 6.18 Å². The summed E-state index contributed by atoms with van der Waals surface area (Å²) in [5.74, 6) is 0.0862. The molecule has 1 saturated heterocycles. The van der Waals surface area contributed by atoms with Gasteiger partial charge in [0.15, 0.2) is 0 Å². The molecule has 7 N–H and O–H groups in total. The van der Waals surface area contributed by atoms with E-state index < -0.39 is 24.5 Å². The summed E-state index contributed by atoms with van der Waals surface area (Å²) < 4.78 is 38.8. The summed E-state index contributed by atoms with van der Waals surface area (Å²) in [5.41, 5.74) is 10.7. The first-order valence-electron chi connectivity index (χ1n) is 38.3. The number of aryl methyl sites for hydroxylation is 1. The van der Waals surface area contributed by atoms with E-state index in [2.05, 4.69) is 81.7 Å². The molecule has 1 fully saturated rings. The Bertz CT molecular complexity index is 5870. The molecule has 2 aliphatic heterocycles. The Hall–Kier alpha value is -13.8. The van der Waals surface area contributed by atoms with Gasteiger partial charge in [-0.15, -0.1) is 0 Å². The largest absolute Gasteiger partial charge is 0.405 e. The van der Waals surface area contributed by atoms with Crippen molar-refractivity contribution in [1.82, 2.24) is 54.7 Å². The second kappa shape index (κ2) is 43.5. The minimum atomic E-state index is -4.54. The number of halogens is 8. The quantitative estimate of drug-likeness (QED) is 0.0276. The summed E-state index contributed by atoms with van der Waals surface area (Å²) in [6.45, 7) is 5.34. The highest BCUT2D eigenvalue weighted by atomic mass is 35.5. The summed E-state index contributed by atoms with van der Waals surface area (Å²) in [6, 6.07) is 57.2. The van der Waals surface area contributed by atoms with Crippen LogP contribution in [-0.2, 0) is 11.3 Å². The van der Waals surface area contributed by atoms with E-state index in [1.165, 1.54) is 17.7 Å². The van der Waals surface area contributed by atoms with E-state index in [-0.39, 0.29) is 39.8 Å². The summed E-state index contributed by atoms with van der Waals surface area (Å²) in [6.07, 6.45) is 19.0. The minimum Gasteiger partial charge on any atom is -0.370 e. The lowest BCUT2D eigenvalue weighted by molar-refractivity contribution is -0.129. The number of hydrogen-bond acceptors (Lipinski definition) is 18. The van der Waals surface area contributed by atoms with E-state index >= 15 is 0 Å². The van der Waals surface area contributed by atoms with Crippen molar-refractivity contribution >= 4 is 140 Å². The molecule has 0 saturated carbocycles. The molecule has 624 valence electrons. The minimum absolute atomic E-state index is 0.0448. The van der Waals surface area contributed by atoms with Crippen molar-refractivity contribution in [3.8, 4) is 45.0 Å². The van der Waals surface area contributed by atoms with Gasteiger partial charge in [0.25, 0.3) is 29.5 Å². The van der Waals surface area contributed by atoms with Crippen molar-refractivity contribution < 1.29 is 41.9 Å². The Balaban J connectivity index is 0.000000150. The molecule has 0 atom stereocenters. The molecular formula is C90H77Cl5F3N19O6. The fourth-order valence-corrected chi connectivity index (χ4v) is 13.4. The molecule has 0 aliphatic carbocycles. The number of carbonyl (C=O) groups is 6. The van der Waals surface area contributed by atoms with Crippen molar-refractivity contribution in [1.29, 1.82) is 0 Å². The highest BCUT2D eigenvalue weighted by molar-refractivity contribution is 6.36. The van der Waals surface area contributed by atoms with Crippen LogP contribution in [0.1, 0.15) is 78.0 Å². The first kappa shape index (κ1) is 88.5. The first-order valence-corrected chi connectivity index (χ1v) is 40.2. The number of pyridine rings is 7. The Morgan fingerprint density at radius 3 is 1.25 bits per heavy atom. The maximum absolute atomic E-state index is 12.7. The monoisotopic (exact) mass is 1750 g/mol. The standard InChI is InChI=1S/C23H21ClN6O.C23H22ClN5O2.C23H20ClN5O.C21H14Cl2F3N3O2/c24-20-7-6-18(14-19(20)21-4-1-2-9-26-21)29-23(31)17-5-8-22(28-15-17)27-10-3-12-30-13-11-25-16-30;1-16(30)28-10-12-29(13-11-28)22-8-5-17(15-26-22)23(31)27-18-6-7-20(24)19(14-18)21-4-2-3-9-25-21;24-20-6-5-18(13-19(20)21-3-1-2-10-26-21)29-23(30)17-4-7-22(28-15-17)27-12-9-16-8-11-25-14-16;22-16-7-5-13(10-15(16)18-3-1-2-8-27-18)29-20(31)14-6-4-12(9-17(14)23)19(30)28-11-21(24,25)26/h1-2,4-9,11,13-16H,3,10,12H2,(H,27,28)(H,29,31);2-9,14-15H,10-13H2,1H3,(H,27,31);1-7,10-11,13-15H,8-9,12H2,(H,27,28)(H,29,30);1-10H,11H2,(H,28,30)(H,29,31). The number of imidazole rings is 1. The fraction of sp³-hybridized carbons (Fsp3) is 0.144. The van der Waals surface area contributed by atoms with Gasteiger partial charge in [-0.3, -0.25) is 53.7 Å². The van der Waals surface area contributed by atoms with E-state index in [0.717, 1.165) is 109 Å². The molecule has 0 radical (unpaired) electrons. The number of benzene rings is 5. The number of rotatable bonds is 24. The Kier molecular flexibility index (Phi) is 31.3. The lowest BCUT2D eigenvalue weighted by Gasteiger charge is -2.34. The first-order chi connectivity index (χ1) is 59.5. The molecule has 15 rings (SSSR count). The van der Waals surface area contributed by atoms with Crippen LogP contribution in [0.15, 0.2) is 279 Å². The average molecular weight is 1750 g/mol. The maximum atomic E-state index is 12.7. The summed E-state index contributed by atoms with van der Waals surface area (Å²) >= 11 is 31.2. The number of hydrogen-bond donors (Lipinski definition) is 7. The van der Waals surface area contributed by atoms with Gasteiger partial charge in [0.2, 0.25) is 5.91 Å². The smallest absolute Gasteiger partial charge is 0.370 e. The normalized spacial score (nSPS) is 12.0. The van der Waals surface area contributed by atoms with Crippen LogP contribution in [0.3, 0.4) is 0 Å². The van der Waals surface area contributed by atoms with E-state index in [1.54, 1.807) is 177 Å². The van der Waals surface area contributed by atoms with Crippen molar-refractivity contribution in [2.75, 3.05) is 82.6 Å². The SMILES string of the molecule is CC(=O)N1CCN(c2ccc(C(=O)Nc3ccc(Cl)c(-c4ccccn4)c3)cn2)CC1.O=C(NCC(F)(F)F)c1ccc(C(=O)Nc2ccc(Cl)c(-c3ccccn3)c2)c(Cl)c1.O=C(Nc1ccc(Cl)c(-c2ccccn2)c1)c1ccc(NCCC2=CN=CC2)nc1.O=C(Nc1ccc(Cl)c(-c2ccccn2)c1)c1ccc(NCCCn2ccnc2)nc1. The zero-order valence-corrected chi connectivity index (χ0v) is 69.4. The molecule has 0 spiro atoms. The van der Waals surface area contributed by atoms with Crippen LogP contribution in [0.2, 0.25) is 25.1 Å². The molecule has 33 heteroatoms. The molecule has 25 nitrogen and oxygen atoms in total. The number of amides is 6. The van der Waals surface area contributed by atoms with Crippen LogP contribution < -0.4 is 42.1 Å². The van der Waals surface area contributed by atoms with Crippen LogP contribution in [-0.4, -0.2) is 143 Å². The number of aromatic nitrogens is 9. The lowest BCUT2D eigenvalue weighted by Crippen LogP contribution is -2.48. The number of piperazine rings is 1. The molecule has 10 heterocycles. The number of anilines is 7. The number of carbonyl (C=O) groups excluding carboxylic acids is 6. The predicted octanol–water partition coefficient (Wildman–Crippen LogP) is 19.3. The van der Waals surface area contributed by atoms with Crippen molar-refractivity contribution in [3.63, 3.8) is 0 Å². The predicted molar refractivity (Wildman–Crippen MR) is 477 cm³/mol. The molecule has 2 aliphatic rings. The van der Waals surface area contributed by atoms with E-state index in [0.29, 0.717) is 83.9 Å². The van der Waals surface area contributed by atoms with Gasteiger partial charge in [0.05, 0.1) is 76.5 Å². The maximum Gasteiger partial charge on any atom is 0.405 e. The van der Waals surface area contributed by atoms with Crippen LogP contribution in [0, 0.1) is 0 Å². The van der Waals surface area contributed by atoms with Gasteiger partial charge in [-0.05, 0) is 194 Å². The van der Waals surface area contributed by atoms with Crippen molar-refractivity contribution in [2.45, 2.75) is 38.9 Å². The Labute approximate surface area is 730 Å². The Morgan fingerprint density at radius 2 is 0.878 bits per heavy atom. The molecule has 0 bridgehead atoms. The third kappa shape index (κ3) is 26.1. The number of nitrogens with one attached hydrogen (secondary N) is 7. The van der Waals surface area contributed by atoms with Gasteiger partial charge in [-0.1, -0.05) is 82.3 Å². The molecule has 8 aromatic heterocycles. The molecule has 6 amide bonds. The van der Waals surface area contributed by atoms with Gasteiger partial charge < -0.3 is 51.6 Å². The second-order valence-corrected chi connectivity index (χ2v) is 29.3. The lowest BCUT2D eigenvalue weighted by atomic mass is 10.1. The van der Waals surface area contributed by atoms with Crippen LogP contribution in [0.5, 0.6) is 0 Å². The van der Waals surface area contributed by atoms with Gasteiger partial charge in [0.1, 0.15) is 24.0 Å². The van der Waals surface area contributed by atoms with E-state index in [4.69, 9.17) is 58.0 Å². The van der Waals surface area contributed by atoms with Gasteiger partial charge in [-0.25, -0.2) is 19.9 Å². The van der Waals surface area contributed by atoms with Crippen molar-refractivity contribution in [3.05, 3.63) is 327 Å². The molecule has 0 unspecified atom stereocenters. The zero-order valence-electron chi connectivity index (χ0n) is 65.6. The zero-order chi connectivity index (χ0) is 86.6. The number of aliphatic imine (C=N–C) groups is 1. The van der Waals surface area contributed by atoms with Crippen LogP contribution >= 0.6 is 58.0 Å². The van der Waals surface area contributed by atoms with E-state index in [1.807, 2.05) is 101 Å². The molecule has 13 aromatic rings. The van der Waals surface area contributed by atoms with Crippen LogP contribution in [0.4, 0.5) is 53.4 Å². The summed E-state index contributed by atoms with van der Waals surface area (Å²) in [4.78, 5) is 116. The molecular weight excluding hydrogens is 1680 g/mol. The second-order valence-electron chi connectivity index (χ2n) is 27.3. The van der Waals surface area contributed by atoms with Gasteiger partial charge in [-0.2, -0.15) is 13.2 Å². The molecule has 123 heavy (non-hydrogen) atoms.